The van der Waals surface area contributed by atoms with Crippen LogP contribution in [0.2, 0.25) is 0 Å². The summed E-state index contributed by atoms with van der Waals surface area (Å²) >= 11 is 0. The molecule has 1 unspecified atom stereocenters. The molecule has 0 aliphatic heterocycles. The molecule has 1 atom stereocenters. The van der Waals surface area contributed by atoms with Gasteiger partial charge in [-0.1, -0.05) is 12.1 Å². The number of carbonyl (C=O) groups is 1. The fraction of sp³-hybridized carbons (Fsp3) is 0.133. The van der Waals surface area contributed by atoms with E-state index in [9.17, 15) is 24.3 Å². The number of hydrogen-bond acceptors (Lipinski definition) is 6. The maximum absolute atomic E-state index is 12.7. The van der Waals surface area contributed by atoms with E-state index in [4.69, 9.17) is 4.89 Å². The lowest BCUT2D eigenvalue weighted by Crippen LogP contribution is -2.04. The van der Waals surface area contributed by atoms with Gasteiger partial charge < -0.3 is 24.7 Å². The minimum atomic E-state index is -3.30. The Morgan fingerprint density at radius 2 is 1.74 bits per heavy atom. The summed E-state index contributed by atoms with van der Waals surface area (Å²) in [5.41, 5.74) is 0.479. The van der Waals surface area contributed by atoms with Gasteiger partial charge in [0.1, 0.15) is 28.6 Å². The van der Waals surface area contributed by atoms with Gasteiger partial charge in [-0.05, 0) is 24.1 Å². The fourth-order valence-electron chi connectivity index (χ4n) is 2.07. The molecule has 0 amide bonds. The number of benzene rings is 2. The monoisotopic (exact) mass is 340 g/mol. The van der Waals surface area contributed by atoms with Gasteiger partial charge in [-0.2, -0.15) is 0 Å². The van der Waals surface area contributed by atoms with Gasteiger partial charge in [0.05, 0.1) is 0 Å². The normalized spacial score (nSPS) is 11.9. The molecule has 2 rings (SSSR count). The van der Waals surface area contributed by atoms with E-state index >= 15 is 0 Å². The Balaban J connectivity index is 2.19. The number of aryl methyl sites for hydroxylation is 1. The third kappa shape index (κ3) is 4.55. The molecule has 122 valence electrons. The molecule has 0 fully saturated rings. The van der Waals surface area contributed by atoms with Crippen molar-refractivity contribution in [3.8, 4) is 23.0 Å². The topological polar surface area (TPSA) is 107 Å². The van der Waals surface area contributed by atoms with Gasteiger partial charge in [0.15, 0.2) is 5.78 Å². The second kappa shape index (κ2) is 7.26. The first-order chi connectivity index (χ1) is 10.9. The molecule has 8 heteroatoms. The number of ketones is 1. The fourth-order valence-corrected chi connectivity index (χ4v) is 2.37. The van der Waals surface area contributed by atoms with Crippen molar-refractivity contribution in [2.24, 2.45) is 0 Å². The van der Waals surface area contributed by atoms with Gasteiger partial charge in [0, 0.05) is 18.6 Å². The van der Waals surface area contributed by atoms with E-state index in [0.29, 0.717) is 6.42 Å². The van der Waals surface area contributed by atoms with E-state index < -0.39 is 31.7 Å². The summed E-state index contributed by atoms with van der Waals surface area (Å²) in [6, 6.07) is 8.12. The van der Waals surface area contributed by atoms with Crippen LogP contribution in [0.15, 0.2) is 36.4 Å². The first-order valence-electron chi connectivity index (χ1n) is 6.56. The summed E-state index contributed by atoms with van der Waals surface area (Å²) in [5.74, 6) is -1.85. The molecule has 2 aromatic rings. The lowest BCUT2D eigenvalue weighted by Gasteiger charge is -2.12. The van der Waals surface area contributed by atoms with Crippen molar-refractivity contribution in [3.63, 3.8) is 0 Å². The van der Waals surface area contributed by atoms with Crippen molar-refractivity contribution >= 4 is 14.5 Å². The van der Waals surface area contributed by atoms with Crippen LogP contribution >= 0.6 is 8.69 Å². The second-order valence-corrected chi connectivity index (χ2v) is 5.38. The van der Waals surface area contributed by atoms with E-state index in [1.807, 2.05) is 0 Å². The predicted octanol–water partition coefficient (Wildman–Crippen LogP) is 3.19. The molecule has 0 aliphatic carbocycles. The lowest BCUT2D eigenvalue weighted by atomic mass is 10.0. The average Bonchev–Trinajstić information content (AvgIpc) is 2.45. The summed E-state index contributed by atoms with van der Waals surface area (Å²) in [5, 5.41) is 28.4. The molecular weight excluding hydrogens is 326 g/mol. The quantitative estimate of drug-likeness (QED) is 0.475. The van der Waals surface area contributed by atoms with Gasteiger partial charge in [-0.25, -0.2) is 0 Å². The molecule has 0 bridgehead atoms. The predicted molar refractivity (Wildman–Crippen MR) is 81.4 cm³/mol. The first-order valence-corrected chi connectivity index (χ1v) is 7.67. The number of Topliss-reactive ketones (excluding diaryl/α,β-unsaturated/α-hetero) is 1. The van der Waals surface area contributed by atoms with Crippen LogP contribution < -0.4 is 4.52 Å². The molecule has 0 saturated heterocycles. The number of phenolic OH excluding ortho intramolecular Hbond substituents is 3. The van der Waals surface area contributed by atoms with Crippen molar-refractivity contribution in [3.05, 3.63) is 47.5 Å². The van der Waals surface area contributed by atoms with Crippen molar-refractivity contribution < 1.29 is 33.7 Å². The van der Waals surface area contributed by atoms with Crippen LogP contribution in [0.4, 0.5) is 4.20 Å². The smallest absolute Gasteiger partial charge is 0.436 e. The van der Waals surface area contributed by atoms with Crippen LogP contribution in [0.5, 0.6) is 23.0 Å². The van der Waals surface area contributed by atoms with Crippen LogP contribution in [0, 0.1) is 0 Å². The standard InChI is InChI=1S/C15H14FO6P/c16-23(21)22-14-8-11(18)7-13(20)15(14)12(19)6-3-9-1-4-10(17)5-2-9/h1-2,4-5,7-8,17-18,20-21H,3,6H2. The van der Waals surface area contributed by atoms with Crippen LogP contribution in [0.3, 0.4) is 0 Å². The zero-order chi connectivity index (χ0) is 17.0. The number of rotatable bonds is 6. The maximum atomic E-state index is 12.7. The highest BCUT2D eigenvalue weighted by Crippen LogP contribution is 2.41. The van der Waals surface area contributed by atoms with Gasteiger partial charge in [0.2, 0.25) is 0 Å². The molecule has 23 heavy (non-hydrogen) atoms. The molecule has 2 aromatic carbocycles. The molecule has 6 nitrogen and oxygen atoms in total. The highest BCUT2D eigenvalue weighted by atomic mass is 31.2. The molecule has 0 radical (unpaired) electrons. The van der Waals surface area contributed by atoms with Crippen molar-refractivity contribution in [1.82, 2.24) is 0 Å². The Morgan fingerprint density at radius 1 is 1.09 bits per heavy atom. The Kier molecular flexibility index (Phi) is 5.36. The van der Waals surface area contributed by atoms with Gasteiger partial charge in [-0.15, -0.1) is 4.20 Å². The van der Waals surface area contributed by atoms with E-state index in [1.54, 1.807) is 12.1 Å². The molecular formula is C15H14FO6P. The van der Waals surface area contributed by atoms with E-state index in [-0.39, 0.29) is 17.7 Å². The van der Waals surface area contributed by atoms with Gasteiger partial charge >= 0.3 is 8.69 Å². The number of aromatic hydroxyl groups is 3. The number of carbonyl (C=O) groups excluding carboxylic acids is 1. The average molecular weight is 340 g/mol. The molecule has 4 N–H and O–H groups in total. The molecule has 0 saturated carbocycles. The molecule has 0 aliphatic rings. The minimum absolute atomic E-state index is 0.0187. The zero-order valence-electron chi connectivity index (χ0n) is 11.8. The van der Waals surface area contributed by atoms with Crippen LogP contribution in [0.25, 0.3) is 0 Å². The van der Waals surface area contributed by atoms with E-state index in [2.05, 4.69) is 4.52 Å². The third-order valence-electron chi connectivity index (χ3n) is 3.10. The Bertz CT molecular complexity index is 702. The highest BCUT2D eigenvalue weighted by Gasteiger charge is 2.21. The van der Waals surface area contributed by atoms with Crippen LogP contribution in [-0.4, -0.2) is 26.0 Å². The molecule has 0 spiro atoms. The number of hydrogen-bond donors (Lipinski definition) is 4. The van der Waals surface area contributed by atoms with Crippen molar-refractivity contribution in [1.29, 1.82) is 0 Å². The third-order valence-corrected chi connectivity index (χ3v) is 3.44. The maximum Gasteiger partial charge on any atom is 0.436 e. The Morgan fingerprint density at radius 3 is 2.35 bits per heavy atom. The molecule has 0 heterocycles. The second-order valence-electron chi connectivity index (χ2n) is 4.75. The summed E-state index contributed by atoms with van der Waals surface area (Å²) in [4.78, 5) is 21.0. The summed E-state index contributed by atoms with van der Waals surface area (Å²) in [7, 11) is -3.30. The number of phenols is 3. The zero-order valence-corrected chi connectivity index (χ0v) is 12.7. The Hall–Kier alpha value is -2.37. The minimum Gasteiger partial charge on any atom is -0.508 e. The summed E-state index contributed by atoms with van der Waals surface area (Å²) in [6.07, 6.45) is 0.303. The van der Waals surface area contributed by atoms with Crippen molar-refractivity contribution in [2.75, 3.05) is 0 Å². The largest absolute Gasteiger partial charge is 0.508 e. The van der Waals surface area contributed by atoms with Gasteiger partial charge in [-0.3, -0.25) is 4.79 Å². The highest BCUT2D eigenvalue weighted by molar-refractivity contribution is 7.40. The van der Waals surface area contributed by atoms with E-state index in [1.165, 1.54) is 12.1 Å². The van der Waals surface area contributed by atoms with Gasteiger partial charge in [0.25, 0.3) is 0 Å². The SMILES string of the molecule is O=C(CCc1ccc(O)cc1)c1c(O)cc(O)cc1OP(O)F. The molecule has 0 aromatic heterocycles. The van der Waals surface area contributed by atoms with Crippen molar-refractivity contribution in [2.45, 2.75) is 12.8 Å². The van der Waals surface area contributed by atoms with Crippen LogP contribution in [-0.2, 0) is 6.42 Å². The summed E-state index contributed by atoms with van der Waals surface area (Å²) < 4.78 is 17.2. The first kappa shape index (κ1) is 17.0. The van der Waals surface area contributed by atoms with E-state index in [0.717, 1.165) is 17.7 Å². The van der Waals surface area contributed by atoms with Crippen LogP contribution in [0.1, 0.15) is 22.3 Å². The summed E-state index contributed by atoms with van der Waals surface area (Å²) in [6.45, 7) is 0. The number of halogens is 1. The lowest BCUT2D eigenvalue weighted by molar-refractivity contribution is 0.0978. The Labute approximate surface area is 132 Å².